The first kappa shape index (κ1) is 9.43. The molecule has 0 unspecified atom stereocenters. The zero-order valence-corrected chi connectivity index (χ0v) is 7.23. The van der Waals surface area contributed by atoms with Crippen LogP contribution in [-0.4, -0.2) is 20.0 Å². The summed E-state index contributed by atoms with van der Waals surface area (Å²) in [6.07, 6.45) is 0. The molecule has 0 atom stereocenters. The number of hydrogen-bond acceptors (Lipinski definition) is 0. The number of rotatable bonds is 0. The third-order valence-electron chi connectivity index (χ3n) is 0. The van der Waals surface area contributed by atoms with E-state index in [-0.39, 0.29) is 28.0 Å². The maximum atomic E-state index is 2.27. The zero-order chi connectivity index (χ0) is 3.58. The maximum Gasteiger partial charge on any atom is 0.0461 e. The molecule has 0 aromatic rings. The first-order valence-corrected chi connectivity index (χ1v) is 4.50. The van der Waals surface area contributed by atoms with E-state index in [4.69, 9.17) is 0 Å². The summed E-state index contributed by atoms with van der Waals surface area (Å²) < 4.78 is 0. The Morgan fingerprint density at radius 3 is 1.00 bits per heavy atom. The van der Waals surface area contributed by atoms with E-state index in [2.05, 4.69) is 20.0 Å². The van der Waals surface area contributed by atoms with Gasteiger partial charge in [0.05, 0.1) is 0 Å². The summed E-state index contributed by atoms with van der Waals surface area (Å²) in [7, 11) is 0.120. The van der Waals surface area contributed by atoms with Crippen molar-refractivity contribution in [1.82, 2.24) is 0 Å². The van der Waals surface area contributed by atoms with Crippen molar-refractivity contribution in [3.8, 4) is 0 Å². The van der Waals surface area contributed by atoms with Crippen molar-refractivity contribution in [2.75, 3.05) is 20.0 Å². The van der Waals surface area contributed by atoms with Gasteiger partial charge in [0.2, 0.25) is 0 Å². The van der Waals surface area contributed by atoms with Crippen molar-refractivity contribution < 1.29 is 20.1 Å². The van der Waals surface area contributed by atoms with Crippen LogP contribution in [0.3, 0.4) is 0 Å². The second-order valence-corrected chi connectivity index (χ2v) is 4.50. The van der Waals surface area contributed by atoms with Crippen LogP contribution in [-0.2, 0) is 20.1 Å². The topological polar surface area (TPSA) is 0 Å². The molecule has 0 heterocycles. The smallest absolute Gasteiger partial charge is 0.00840 e. The predicted molar refractivity (Wildman–Crippen MR) is 26.1 cm³/mol. The third-order valence-corrected chi connectivity index (χ3v) is 0. The average Bonchev–Trinajstić information content (AvgIpc) is 0.811. The molecule has 0 rings (SSSR count). The average molecular weight is 269 g/mol. The molecule has 35 valence electrons. The van der Waals surface area contributed by atoms with Crippen molar-refractivity contribution in [3.05, 3.63) is 0 Å². The van der Waals surface area contributed by atoms with Gasteiger partial charge < -0.3 is 0 Å². The van der Waals surface area contributed by atoms with Crippen LogP contribution in [0, 0.1) is 0 Å². The quantitative estimate of drug-likeness (QED) is 0.578. The molecule has 0 saturated carbocycles. The van der Waals surface area contributed by atoms with E-state index in [9.17, 15) is 0 Å². The van der Waals surface area contributed by atoms with E-state index < -0.39 is 0 Å². The maximum absolute atomic E-state index is 2.27. The SMILES string of the molecule is C[PH+](C)C.[Ir]. The van der Waals surface area contributed by atoms with E-state index >= 15 is 0 Å². The van der Waals surface area contributed by atoms with Gasteiger partial charge in [-0.25, -0.2) is 0 Å². The summed E-state index contributed by atoms with van der Waals surface area (Å²) in [6.45, 7) is 6.81. The molecule has 0 aliphatic rings. The van der Waals surface area contributed by atoms with Gasteiger partial charge in [-0.05, 0) is 7.92 Å². The molecular weight excluding hydrogens is 259 g/mol. The molecule has 0 bridgehead atoms. The van der Waals surface area contributed by atoms with E-state index in [0.717, 1.165) is 0 Å². The van der Waals surface area contributed by atoms with Crippen LogP contribution in [0.15, 0.2) is 0 Å². The number of hydrogen-bond donors (Lipinski definition) is 0. The van der Waals surface area contributed by atoms with Crippen LogP contribution < -0.4 is 0 Å². The molecule has 0 aliphatic carbocycles. The molecule has 5 heavy (non-hydrogen) atoms. The van der Waals surface area contributed by atoms with Crippen LogP contribution in [0.25, 0.3) is 0 Å². The molecule has 0 aromatic heterocycles. The minimum absolute atomic E-state index is 0. The van der Waals surface area contributed by atoms with Crippen molar-refractivity contribution in [2.45, 2.75) is 0 Å². The van der Waals surface area contributed by atoms with E-state index in [1.165, 1.54) is 0 Å². The Labute approximate surface area is 48.4 Å². The van der Waals surface area contributed by atoms with Gasteiger partial charge in [0.15, 0.2) is 0 Å². The Morgan fingerprint density at radius 1 is 1.00 bits per heavy atom. The van der Waals surface area contributed by atoms with E-state index in [1.54, 1.807) is 0 Å². The summed E-state index contributed by atoms with van der Waals surface area (Å²) in [4.78, 5) is 0. The molecule has 1 radical (unpaired) electrons. The van der Waals surface area contributed by atoms with Gasteiger partial charge in [0.1, 0.15) is 0 Å². The van der Waals surface area contributed by atoms with E-state index in [1.807, 2.05) is 0 Å². The molecule has 0 saturated heterocycles. The van der Waals surface area contributed by atoms with Crippen molar-refractivity contribution in [1.29, 1.82) is 0 Å². The first-order valence-electron chi connectivity index (χ1n) is 1.50. The summed E-state index contributed by atoms with van der Waals surface area (Å²) in [5.74, 6) is 0. The van der Waals surface area contributed by atoms with Crippen molar-refractivity contribution in [2.24, 2.45) is 0 Å². The van der Waals surface area contributed by atoms with Gasteiger partial charge in [-0.2, -0.15) is 0 Å². The van der Waals surface area contributed by atoms with E-state index in [0.29, 0.717) is 0 Å². The molecule has 0 aliphatic heterocycles. The fraction of sp³-hybridized carbons (Fsp3) is 1.00. The summed E-state index contributed by atoms with van der Waals surface area (Å²) in [5, 5.41) is 0. The van der Waals surface area contributed by atoms with Crippen LogP contribution in [0.1, 0.15) is 0 Å². The minimum atomic E-state index is 0. The zero-order valence-electron chi connectivity index (χ0n) is 3.83. The third kappa shape index (κ3) is 41.3. The Morgan fingerprint density at radius 2 is 1.00 bits per heavy atom. The Bertz CT molecular complexity index is 11.6. The normalized spacial score (nSPS) is 7.20. The fourth-order valence-electron chi connectivity index (χ4n) is 0. The predicted octanol–water partition coefficient (Wildman–Crippen LogP) is 1.09. The molecular formula is C3H10IrP+. The first-order chi connectivity index (χ1) is 1.73. The van der Waals surface area contributed by atoms with Crippen LogP contribution in [0.2, 0.25) is 0 Å². The van der Waals surface area contributed by atoms with Gasteiger partial charge in [0, 0.05) is 40.1 Å². The monoisotopic (exact) mass is 270 g/mol. The summed E-state index contributed by atoms with van der Waals surface area (Å²) >= 11 is 0. The molecule has 0 spiro atoms. The van der Waals surface area contributed by atoms with Gasteiger partial charge >= 0.3 is 0 Å². The Balaban J connectivity index is 0. The Hall–Kier alpha value is 1.08. The van der Waals surface area contributed by atoms with Gasteiger partial charge in [0.25, 0.3) is 0 Å². The molecule has 0 aromatic carbocycles. The van der Waals surface area contributed by atoms with Crippen molar-refractivity contribution in [3.63, 3.8) is 0 Å². The van der Waals surface area contributed by atoms with Crippen LogP contribution in [0.4, 0.5) is 0 Å². The molecule has 2 heteroatoms. The largest absolute Gasteiger partial charge is 0.0461 e. The molecule has 0 nitrogen and oxygen atoms in total. The van der Waals surface area contributed by atoms with Crippen LogP contribution in [0.5, 0.6) is 0 Å². The second kappa shape index (κ2) is 5.08. The Kier molecular flexibility index (Phi) is 9.57. The standard InChI is InChI=1S/C3H9P.Ir/c1-4(2)3;/h1-3H3;/p+1. The van der Waals surface area contributed by atoms with Gasteiger partial charge in [-0.1, -0.05) is 0 Å². The minimum Gasteiger partial charge on any atom is -0.00840 e. The molecule has 0 amide bonds. The van der Waals surface area contributed by atoms with Gasteiger partial charge in [-0.3, -0.25) is 0 Å². The van der Waals surface area contributed by atoms with Crippen LogP contribution >= 0.6 is 7.92 Å². The van der Waals surface area contributed by atoms with Crippen molar-refractivity contribution >= 4 is 7.92 Å². The summed E-state index contributed by atoms with van der Waals surface area (Å²) in [5.41, 5.74) is 0. The fourth-order valence-corrected chi connectivity index (χ4v) is 0. The van der Waals surface area contributed by atoms with Gasteiger partial charge in [-0.15, -0.1) is 0 Å². The molecule has 0 N–H and O–H groups in total. The molecule has 0 fully saturated rings. The second-order valence-electron chi connectivity index (χ2n) is 1.50. The summed E-state index contributed by atoms with van der Waals surface area (Å²) in [6, 6.07) is 0.